The number of nitrogens with one attached hydrogen (secondary N) is 5. The molecule has 4 amide bonds. The largest absolute Gasteiger partial charge is 0.368 e. The first-order valence-electron chi connectivity index (χ1n) is 15.0. The van der Waals surface area contributed by atoms with Crippen molar-refractivity contribution in [2.45, 2.75) is 102 Å². The third-order valence-corrected chi connectivity index (χ3v) is 6.75. The normalized spacial score (nSPS) is 15.8. The van der Waals surface area contributed by atoms with Gasteiger partial charge in [-0.15, -0.1) is 0 Å². The van der Waals surface area contributed by atoms with Gasteiger partial charge in [-0.05, 0) is 85.2 Å². The van der Waals surface area contributed by atoms with Crippen LogP contribution < -0.4 is 38.1 Å². The Kier molecular flexibility index (Phi) is 18.8. The van der Waals surface area contributed by atoms with Crippen LogP contribution in [-0.2, 0) is 24.0 Å². The quantitative estimate of drug-likeness (QED) is 0.0729. The number of primary amides is 2. The number of Topliss-reactive ketones (excluding diaryl/α,β-unsaturated/α-hetero) is 1. The van der Waals surface area contributed by atoms with E-state index in [0.717, 1.165) is 57.9 Å². The van der Waals surface area contributed by atoms with Gasteiger partial charge in [0.15, 0.2) is 0 Å². The lowest BCUT2D eigenvalue weighted by molar-refractivity contribution is -0.125. The molecule has 0 aromatic heterocycles. The number of carbonyl (C=O) groups is 5. The molecule has 2 unspecified atom stereocenters. The Morgan fingerprint density at radius 2 is 1.15 bits per heavy atom. The van der Waals surface area contributed by atoms with Crippen LogP contribution in [0.5, 0.6) is 0 Å². The van der Waals surface area contributed by atoms with Gasteiger partial charge in [-0.1, -0.05) is 0 Å². The molecule has 2 aliphatic carbocycles. The second-order valence-corrected chi connectivity index (χ2v) is 11.2. The van der Waals surface area contributed by atoms with Crippen molar-refractivity contribution in [2.75, 3.05) is 46.8 Å². The monoisotopic (exact) mass is 582 g/mol. The molecule has 2 atom stereocenters. The maximum absolute atomic E-state index is 12.1. The predicted molar refractivity (Wildman–Crippen MR) is 159 cm³/mol. The smallest absolute Gasteiger partial charge is 0.234 e. The van der Waals surface area contributed by atoms with Crippen LogP contribution in [0.1, 0.15) is 77.6 Å². The molecule has 0 spiro atoms. The molecular formula is C28H54N8O5. The fourth-order valence-electron chi connectivity index (χ4n) is 4.05. The van der Waals surface area contributed by atoms with E-state index in [-0.39, 0.29) is 54.6 Å². The van der Waals surface area contributed by atoms with Crippen molar-refractivity contribution in [3.05, 3.63) is 0 Å². The van der Waals surface area contributed by atoms with Gasteiger partial charge in [-0.25, -0.2) is 0 Å². The number of hydrogen-bond donors (Lipinski definition) is 7. The van der Waals surface area contributed by atoms with Gasteiger partial charge in [0.2, 0.25) is 23.6 Å². The van der Waals surface area contributed by atoms with Gasteiger partial charge < -0.3 is 38.1 Å². The van der Waals surface area contributed by atoms with E-state index in [9.17, 15) is 24.0 Å². The van der Waals surface area contributed by atoms with Crippen molar-refractivity contribution >= 4 is 29.4 Å². The van der Waals surface area contributed by atoms with E-state index >= 15 is 0 Å². The van der Waals surface area contributed by atoms with Crippen molar-refractivity contribution in [2.24, 2.45) is 11.5 Å². The van der Waals surface area contributed by atoms with E-state index in [1.807, 2.05) is 7.05 Å². The van der Waals surface area contributed by atoms with Crippen LogP contribution in [0.4, 0.5) is 0 Å². The summed E-state index contributed by atoms with van der Waals surface area (Å²) >= 11 is 0. The minimum absolute atomic E-state index is 0.133. The SMILES string of the molecule is CN(CC(=O)NCCCCC(NC1CC1)C(N)=O)CC(=O)NCCCCC(NC1CC1)C(N)=O.CNCCC(C)=O. The number of ketones is 1. The molecule has 0 aromatic carbocycles. The van der Waals surface area contributed by atoms with Gasteiger partial charge in [-0.2, -0.15) is 0 Å². The van der Waals surface area contributed by atoms with Crippen molar-refractivity contribution in [3.63, 3.8) is 0 Å². The fourth-order valence-corrected chi connectivity index (χ4v) is 4.05. The molecule has 0 aliphatic heterocycles. The maximum Gasteiger partial charge on any atom is 0.234 e. The van der Waals surface area contributed by atoms with Gasteiger partial charge in [0.1, 0.15) is 5.78 Å². The molecule has 236 valence electrons. The summed E-state index contributed by atoms with van der Waals surface area (Å²) in [5, 5.41) is 15.1. The highest BCUT2D eigenvalue weighted by molar-refractivity contribution is 5.81. The number of amides is 4. The van der Waals surface area contributed by atoms with Crippen LogP contribution in [0.3, 0.4) is 0 Å². The molecule has 9 N–H and O–H groups in total. The lowest BCUT2D eigenvalue weighted by atomic mass is 10.1. The first kappa shape index (κ1) is 36.4. The van der Waals surface area contributed by atoms with Gasteiger partial charge in [0.25, 0.3) is 0 Å². The minimum Gasteiger partial charge on any atom is -0.368 e. The molecular weight excluding hydrogens is 528 g/mol. The maximum atomic E-state index is 12.1. The zero-order valence-electron chi connectivity index (χ0n) is 25.3. The van der Waals surface area contributed by atoms with Crippen LogP contribution in [0, 0.1) is 0 Å². The molecule has 2 aliphatic rings. The van der Waals surface area contributed by atoms with Gasteiger partial charge >= 0.3 is 0 Å². The zero-order valence-corrected chi connectivity index (χ0v) is 25.3. The Bertz CT molecular complexity index is 763. The van der Waals surface area contributed by atoms with E-state index in [1.165, 1.54) is 0 Å². The molecule has 2 fully saturated rings. The van der Waals surface area contributed by atoms with E-state index in [1.54, 1.807) is 18.9 Å². The molecule has 13 heteroatoms. The number of carbonyl (C=O) groups excluding carboxylic acids is 5. The second-order valence-electron chi connectivity index (χ2n) is 11.2. The lowest BCUT2D eigenvalue weighted by Gasteiger charge is -2.17. The van der Waals surface area contributed by atoms with Crippen molar-refractivity contribution in [1.29, 1.82) is 0 Å². The first-order chi connectivity index (χ1) is 19.5. The third kappa shape index (κ3) is 20.9. The Morgan fingerprint density at radius 3 is 1.44 bits per heavy atom. The summed E-state index contributed by atoms with van der Waals surface area (Å²) in [7, 11) is 3.56. The molecule has 0 aromatic rings. The van der Waals surface area contributed by atoms with Crippen LogP contribution in [0.15, 0.2) is 0 Å². The summed E-state index contributed by atoms with van der Waals surface area (Å²) in [6.45, 7) is 3.71. The Balaban J connectivity index is 0.00000106. The summed E-state index contributed by atoms with van der Waals surface area (Å²) in [5.74, 6) is -0.682. The first-order valence-corrected chi connectivity index (χ1v) is 15.0. The summed E-state index contributed by atoms with van der Waals surface area (Å²) in [6.07, 6.45) is 9.49. The molecule has 41 heavy (non-hydrogen) atoms. The highest BCUT2D eigenvalue weighted by atomic mass is 16.2. The fraction of sp³-hybridized carbons (Fsp3) is 0.821. The number of nitrogens with zero attached hydrogens (tertiary/aromatic N) is 1. The van der Waals surface area contributed by atoms with E-state index < -0.39 is 0 Å². The highest BCUT2D eigenvalue weighted by Crippen LogP contribution is 2.21. The van der Waals surface area contributed by atoms with E-state index in [2.05, 4.69) is 26.6 Å². The molecule has 13 nitrogen and oxygen atoms in total. The van der Waals surface area contributed by atoms with E-state index in [4.69, 9.17) is 11.5 Å². The van der Waals surface area contributed by atoms with Crippen LogP contribution >= 0.6 is 0 Å². The Morgan fingerprint density at radius 1 is 0.732 bits per heavy atom. The number of likely N-dealkylation sites (N-methyl/N-ethyl adjacent to an activating group) is 1. The van der Waals surface area contributed by atoms with Crippen LogP contribution in [0.2, 0.25) is 0 Å². The number of hydrogen-bond acceptors (Lipinski definition) is 9. The average Bonchev–Trinajstić information content (AvgIpc) is 3.82. The molecule has 2 saturated carbocycles. The highest BCUT2D eigenvalue weighted by Gasteiger charge is 2.27. The summed E-state index contributed by atoms with van der Waals surface area (Å²) in [5.41, 5.74) is 10.9. The summed E-state index contributed by atoms with van der Waals surface area (Å²) in [6, 6.07) is 0.260. The van der Waals surface area contributed by atoms with Gasteiger partial charge in [0, 0.05) is 38.1 Å². The number of nitrogens with two attached hydrogens (primary N) is 2. The molecule has 0 heterocycles. The second kappa shape index (κ2) is 21.1. The Labute approximate surface area is 245 Å². The van der Waals surface area contributed by atoms with Crippen molar-refractivity contribution in [3.8, 4) is 0 Å². The summed E-state index contributed by atoms with van der Waals surface area (Å²) < 4.78 is 0. The van der Waals surface area contributed by atoms with Crippen molar-refractivity contribution in [1.82, 2.24) is 31.5 Å². The molecule has 0 radical (unpaired) electrons. The van der Waals surface area contributed by atoms with Crippen LogP contribution in [-0.4, -0.2) is 105 Å². The molecule has 2 rings (SSSR count). The molecule has 0 bridgehead atoms. The Hall–Kier alpha value is -2.61. The standard InChI is InChI=1S/C23H43N7O4.C5H11NO/c1-30(14-20(31)26-12-4-2-6-18(22(24)33)28-16-8-9-16)15-21(32)27-13-5-3-7-19(23(25)34)29-17-10-11-17;1-5(7)3-4-6-2/h16-19,28-29H,2-15H2,1H3,(H2,24,33)(H2,25,34)(H,26,31)(H,27,32);6H,3-4H2,1-2H3. The zero-order chi connectivity index (χ0) is 30.6. The average molecular weight is 583 g/mol. The lowest BCUT2D eigenvalue weighted by Crippen LogP contribution is -2.43. The third-order valence-electron chi connectivity index (χ3n) is 6.75. The number of unbranched alkanes of at least 4 members (excludes halogenated alkanes) is 2. The van der Waals surface area contributed by atoms with Crippen molar-refractivity contribution < 1.29 is 24.0 Å². The van der Waals surface area contributed by atoms with Crippen LogP contribution in [0.25, 0.3) is 0 Å². The van der Waals surface area contributed by atoms with Gasteiger partial charge in [0.05, 0.1) is 25.2 Å². The number of rotatable bonds is 23. The molecule has 0 saturated heterocycles. The van der Waals surface area contributed by atoms with Gasteiger partial charge in [-0.3, -0.25) is 28.9 Å². The predicted octanol–water partition coefficient (Wildman–Crippen LogP) is -1.11. The summed E-state index contributed by atoms with van der Waals surface area (Å²) in [4.78, 5) is 58.9. The topological polar surface area (TPSA) is 201 Å². The van der Waals surface area contributed by atoms with E-state index in [0.29, 0.717) is 44.4 Å². The minimum atomic E-state index is -0.323.